The van der Waals surface area contributed by atoms with E-state index >= 15 is 0 Å². The quantitative estimate of drug-likeness (QED) is 0.798. The van der Waals surface area contributed by atoms with E-state index in [1.54, 1.807) is 11.3 Å². The standard InChI is InChI=1S/C15H21N3OS/c1-3-4-7-10-16-14(19)11-18(2)15-17-12-8-5-6-9-13(12)20-15/h5-6,8-9H,3-4,7,10-11H2,1-2H3,(H,16,19). The minimum atomic E-state index is 0.0582. The lowest BCUT2D eigenvalue weighted by Crippen LogP contribution is -2.35. The van der Waals surface area contributed by atoms with Crippen molar-refractivity contribution in [2.75, 3.05) is 25.0 Å². The molecule has 0 unspecified atom stereocenters. The normalized spacial score (nSPS) is 10.7. The van der Waals surface area contributed by atoms with Crippen molar-refractivity contribution >= 4 is 32.6 Å². The molecule has 1 amide bonds. The Morgan fingerprint density at radius 3 is 2.90 bits per heavy atom. The van der Waals surface area contributed by atoms with E-state index < -0.39 is 0 Å². The number of unbranched alkanes of at least 4 members (excludes halogenated alkanes) is 2. The lowest BCUT2D eigenvalue weighted by atomic mass is 10.2. The van der Waals surface area contributed by atoms with Crippen LogP contribution >= 0.6 is 11.3 Å². The van der Waals surface area contributed by atoms with Crippen molar-refractivity contribution in [3.05, 3.63) is 24.3 Å². The average molecular weight is 291 g/mol. The number of likely N-dealkylation sites (N-methyl/N-ethyl adjacent to an activating group) is 1. The summed E-state index contributed by atoms with van der Waals surface area (Å²) < 4.78 is 1.15. The van der Waals surface area contributed by atoms with Gasteiger partial charge in [0.15, 0.2) is 5.13 Å². The fraction of sp³-hybridized carbons (Fsp3) is 0.467. The highest BCUT2D eigenvalue weighted by Crippen LogP contribution is 2.27. The average Bonchev–Trinajstić information content (AvgIpc) is 2.87. The number of aromatic nitrogens is 1. The summed E-state index contributed by atoms with van der Waals surface area (Å²) in [7, 11) is 1.91. The van der Waals surface area contributed by atoms with Crippen molar-refractivity contribution in [1.82, 2.24) is 10.3 Å². The van der Waals surface area contributed by atoms with Crippen LogP contribution in [0.5, 0.6) is 0 Å². The van der Waals surface area contributed by atoms with Crippen molar-refractivity contribution in [2.24, 2.45) is 0 Å². The molecule has 0 aliphatic heterocycles. The number of carbonyl (C=O) groups is 1. The van der Waals surface area contributed by atoms with Crippen LogP contribution in [0.1, 0.15) is 26.2 Å². The van der Waals surface area contributed by atoms with E-state index in [1.807, 2.05) is 30.1 Å². The molecular formula is C15H21N3OS. The second-order valence-corrected chi connectivity index (χ2v) is 5.89. The Hall–Kier alpha value is -1.62. The summed E-state index contributed by atoms with van der Waals surface area (Å²) in [6.07, 6.45) is 3.38. The van der Waals surface area contributed by atoms with E-state index in [-0.39, 0.29) is 5.91 Å². The number of nitrogens with zero attached hydrogens (tertiary/aromatic N) is 2. The molecule has 2 aromatic rings. The number of hydrogen-bond acceptors (Lipinski definition) is 4. The molecule has 0 fully saturated rings. The van der Waals surface area contributed by atoms with Crippen LogP contribution in [0.15, 0.2) is 24.3 Å². The Bertz CT molecular complexity index is 534. The van der Waals surface area contributed by atoms with Crippen LogP contribution < -0.4 is 10.2 Å². The maximum atomic E-state index is 11.8. The second-order valence-electron chi connectivity index (χ2n) is 4.88. The van der Waals surface area contributed by atoms with Crippen molar-refractivity contribution in [3.63, 3.8) is 0 Å². The van der Waals surface area contributed by atoms with Crippen LogP contribution in [0.3, 0.4) is 0 Å². The number of benzene rings is 1. The molecule has 1 aromatic heterocycles. The first-order chi connectivity index (χ1) is 9.70. The topological polar surface area (TPSA) is 45.2 Å². The first-order valence-electron chi connectivity index (χ1n) is 7.04. The predicted octanol–water partition coefficient (Wildman–Crippen LogP) is 3.04. The number of para-hydroxylation sites is 1. The van der Waals surface area contributed by atoms with Crippen LogP contribution in [0, 0.1) is 0 Å². The van der Waals surface area contributed by atoms with Gasteiger partial charge in [-0.25, -0.2) is 4.98 Å². The van der Waals surface area contributed by atoms with E-state index in [1.165, 1.54) is 6.42 Å². The van der Waals surface area contributed by atoms with Gasteiger partial charge >= 0.3 is 0 Å². The highest BCUT2D eigenvalue weighted by molar-refractivity contribution is 7.22. The van der Waals surface area contributed by atoms with Crippen LogP contribution in [-0.4, -0.2) is 31.0 Å². The molecule has 20 heavy (non-hydrogen) atoms. The van der Waals surface area contributed by atoms with Gasteiger partial charge < -0.3 is 10.2 Å². The van der Waals surface area contributed by atoms with Gasteiger partial charge in [0.2, 0.25) is 5.91 Å². The van der Waals surface area contributed by atoms with Crippen LogP contribution in [0.25, 0.3) is 10.2 Å². The van der Waals surface area contributed by atoms with Gasteiger partial charge in [-0.3, -0.25) is 4.79 Å². The highest BCUT2D eigenvalue weighted by atomic mass is 32.1. The van der Waals surface area contributed by atoms with Gasteiger partial charge in [0.1, 0.15) is 0 Å². The summed E-state index contributed by atoms with van der Waals surface area (Å²) in [6, 6.07) is 8.03. The number of carbonyl (C=O) groups excluding carboxylic acids is 1. The second kappa shape index (κ2) is 7.24. The third kappa shape index (κ3) is 3.93. The molecule has 1 N–H and O–H groups in total. The molecule has 0 spiro atoms. The fourth-order valence-corrected chi connectivity index (χ4v) is 2.89. The molecule has 4 nitrogen and oxygen atoms in total. The van der Waals surface area contributed by atoms with E-state index in [9.17, 15) is 4.79 Å². The zero-order valence-electron chi connectivity index (χ0n) is 12.1. The molecule has 2 rings (SSSR count). The molecule has 0 radical (unpaired) electrons. The zero-order chi connectivity index (χ0) is 14.4. The molecular weight excluding hydrogens is 270 g/mol. The molecule has 0 aliphatic carbocycles. The van der Waals surface area contributed by atoms with Gasteiger partial charge in [0.05, 0.1) is 16.8 Å². The third-order valence-corrected chi connectivity index (χ3v) is 4.24. The van der Waals surface area contributed by atoms with Gasteiger partial charge in [0.25, 0.3) is 0 Å². The van der Waals surface area contributed by atoms with Gasteiger partial charge in [-0.05, 0) is 18.6 Å². The maximum absolute atomic E-state index is 11.8. The summed E-state index contributed by atoms with van der Waals surface area (Å²) in [4.78, 5) is 18.3. The number of fused-ring (bicyclic) bond motifs is 1. The van der Waals surface area contributed by atoms with Gasteiger partial charge in [-0.2, -0.15) is 0 Å². The van der Waals surface area contributed by atoms with Gasteiger partial charge in [-0.15, -0.1) is 0 Å². The van der Waals surface area contributed by atoms with Crippen LogP contribution in [0.2, 0.25) is 0 Å². The number of thiazole rings is 1. The predicted molar refractivity (Wildman–Crippen MR) is 85.4 cm³/mol. The Morgan fingerprint density at radius 1 is 1.35 bits per heavy atom. The Labute approximate surface area is 123 Å². The summed E-state index contributed by atoms with van der Waals surface area (Å²) in [5.74, 6) is 0.0582. The van der Waals surface area contributed by atoms with Crippen molar-refractivity contribution in [3.8, 4) is 0 Å². The molecule has 5 heteroatoms. The summed E-state index contributed by atoms with van der Waals surface area (Å²) in [5, 5.41) is 3.83. The number of hydrogen-bond donors (Lipinski definition) is 1. The molecule has 0 atom stereocenters. The van der Waals surface area contributed by atoms with Crippen LogP contribution in [-0.2, 0) is 4.79 Å². The molecule has 0 saturated carbocycles. The lowest BCUT2D eigenvalue weighted by Gasteiger charge is -2.15. The monoisotopic (exact) mass is 291 g/mol. The van der Waals surface area contributed by atoms with Gasteiger partial charge in [-0.1, -0.05) is 43.2 Å². The van der Waals surface area contributed by atoms with Crippen molar-refractivity contribution < 1.29 is 4.79 Å². The van der Waals surface area contributed by atoms with E-state index in [4.69, 9.17) is 0 Å². The summed E-state index contributed by atoms with van der Waals surface area (Å²) in [5.41, 5.74) is 0.989. The minimum absolute atomic E-state index is 0.0582. The van der Waals surface area contributed by atoms with E-state index in [0.29, 0.717) is 6.54 Å². The molecule has 108 valence electrons. The van der Waals surface area contributed by atoms with Crippen LogP contribution in [0.4, 0.5) is 5.13 Å². The smallest absolute Gasteiger partial charge is 0.239 e. The number of amides is 1. The van der Waals surface area contributed by atoms with Crippen molar-refractivity contribution in [1.29, 1.82) is 0 Å². The molecule has 1 heterocycles. The minimum Gasteiger partial charge on any atom is -0.355 e. The first kappa shape index (κ1) is 14.8. The Kier molecular flexibility index (Phi) is 5.35. The SMILES string of the molecule is CCCCCNC(=O)CN(C)c1nc2ccccc2s1. The third-order valence-electron chi connectivity index (χ3n) is 3.09. The Balaban J connectivity index is 1.87. The number of nitrogens with one attached hydrogen (secondary N) is 1. The van der Waals surface area contributed by atoms with E-state index in [2.05, 4.69) is 23.3 Å². The first-order valence-corrected chi connectivity index (χ1v) is 7.85. The lowest BCUT2D eigenvalue weighted by molar-refractivity contribution is -0.119. The fourth-order valence-electron chi connectivity index (χ4n) is 1.97. The summed E-state index contributed by atoms with van der Waals surface area (Å²) >= 11 is 1.61. The zero-order valence-corrected chi connectivity index (χ0v) is 12.9. The van der Waals surface area contributed by atoms with Gasteiger partial charge in [0, 0.05) is 13.6 Å². The molecule has 0 saturated heterocycles. The summed E-state index contributed by atoms with van der Waals surface area (Å²) in [6.45, 7) is 3.27. The maximum Gasteiger partial charge on any atom is 0.239 e. The van der Waals surface area contributed by atoms with E-state index in [0.717, 1.165) is 34.7 Å². The molecule has 0 bridgehead atoms. The highest BCUT2D eigenvalue weighted by Gasteiger charge is 2.11. The largest absolute Gasteiger partial charge is 0.355 e. The van der Waals surface area contributed by atoms with Crippen molar-refractivity contribution in [2.45, 2.75) is 26.2 Å². The number of rotatable bonds is 7. The molecule has 1 aromatic carbocycles. The molecule has 0 aliphatic rings. The Morgan fingerprint density at radius 2 is 2.15 bits per heavy atom. The number of anilines is 1.